The molecule has 0 aromatic heterocycles. The van der Waals surface area contributed by atoms with Crippen LogP contribution in [0, 0.1) is 0 Å². The fourth-order valence-corrected chi connectivity index (χ4v) is 1.76. The van der Waals surface area contributed by atoms with E-state index in [1.165, 1.54) is 0 Å². The first-order valence-electron chi connectivity index (χ1n) is 4.40. The Morgan fingerprint density at radius 1 is 1.53 bits per heavy atom. The molecule has 1 amide bonds. The summed E-state index contributed by atoms with van der Waals surface area (Å²) in [6.45, 7) is 0.161. The highest BCUT2D eigenvalue weighted by molar-refractivity contribution is 9.10. The van der Waals surface area contributed by atoms with Crippen molar-refractivity contribution in [2.75, 3.05) is 12.4 Å². The minimum atomic E-state index is -0.729. The summed E-state index contributed by atoms with van der Waals surface area (Å²) in [5, 5.41) is 12.3. The summed E-state index contributed by atoms with van der Waals surface area (Å²) in [4.78, 5) is 10.9. The van der Waals surface area contributed by atoms with Crippen molar-refractivity contribution in [1.29, 1.82) is 0 Å². The fourth-order valence-electron chi connectivity index (χ4n) is 1.11. The van der Waals surface area contributed by atoms with Crippen molar-refractivity contribution in [3.63, 3.8) is 0 Å². The van der Waals surface area contributed by atoms with Crippen molar-refractivity contribution >= 4 is 33.4 Å². The maximum atomic E-state index is 10.9. The molecule has 0 bridgehead atoms. The summed E-state index contributed by atoms with van der Waals surface area (Å²) >= 11 is 8.63. The van der Waals surface area contributed by atoms with Crippen LogP contribution >= 0.6 is 27.5 Å². The van der Waals surface area contributed by atoms with Crippen molar-refractivity contribution in [2.24, 2.45) is 0 Å². The molecule has 1 aromatic carbocycles. The van der Waals surface area contributed by atoms with E-state index in [4.69, 9.17) is 11.6 Å². The molecule has 1 atom stereocenters. The van der Waals surface area contributed by atoms with Crippen molar-refractivity contribution in [3.8, 4) is 0 Å². The number of halogens is 2. The van der Waals surface area contributed by atoms with Gasteiger partial charge in [0.1, 0.15) is 5.88 Å². The molecule has 1 rings (SSSR count). The van der Waals surface area contributed by atoms with Crippen LogP contribution in [0.15, 0.2) is 28.7 Å². The van der Waals surface area contributed by atoms with Gasteiger partial charge in [-0.2, -0.15) is 0 Å². The quantitative estimate of drug-likeness (QED) is 0.832. The smallest absolute Gasteiger partial charge is 0.235 e. The molecule has 15 heavy (non-hydrogen) atoms. The van der Waals surface area contributed by atoms with Gasteiger partial charge in [0.2, 0.25) is 5.91 Å². The van der Waals surface area contributed by atoms with Crippen molar-refractivity contribution in [3.05, 3.63) is 34.3 Å². The number of carbonyl (C=O) groups is 1. The van der Waals surface area contributed by atoms with Crippen LogP contribution in [0.4, 0.5) is 0 Å². The largest absolute Gasteiger partial charge is 0.387 e. The van der Waals surface area contributed by atoms with Crippen LogP contribution in [0.2, 0.25) is 0 Å². The number of hydrogen-bond acceptors (Lipinski definition) is 2. The van der Waals surface area contributed by atoms with E-state index in [2.05, 4.69) is 21.2 Å². The lowest BCUT2D eigenvalue weighted by atomic mass is 10.1. The van der Waals surface area contributed by atoms with Gasteiger partial charge in [-0.05, 0) is 11.6 Å². The number of benzene rings is 1. The summed E-state index contributed by atoms with van der Waals surface area (Å²) in [6.07, 6.45) is -0.729. The normalized spacial score (nSPS) is 12.2. The van der Waals surface area contributed by atoms with E-state index < -0.39 is 6.10 Å². The first-order valence-corrected chi connectivity index (χ1v) is 5.73. The third kappa shape index (κ3) is 3.81. The average molecular weight is 293 g/mol. The minimum absolute atomic E-state index is 0.0946. The van der Waals surface area contributed by atoms with Crippen LogP contribution in [0.1, 0.15) is 11.7 Å². The lowest BCUT2D eigenvalue weighted by Crippen LogP contribution is -2.29. The molecule has 82 valence electrons. The molecule has 3 nitrogen and oxygen atoms in total. The van der Waals surface area contributed by atoms with Gasteiger partial charge in [-0.15, -0.1) is 11.6 Å². The third-order valence-corrected chi connectivity index (χ3v) is 2.84. The van der Waals surface area contributed by atoms with Gasteiger partial charge in [0, 0.05) is 11.0 Å². The van der Waals surface area contributed by atoms with Gasteiger partial charge in [0.25, 0.3) is 0 Å². The van der Waals surface area contributed by atoms with Crippen LogP contribution in [-0.4, -0.2) is 23.4 Å². The number of amides is 1. The highest BCUT2D eigenvalue weighted by Crippen LogP contribution is 2.22. The Morgan fingerprint density at radius 3 is 2.80 bits per heavy atom. The number of hydrogen-bond donors (Lipinski definition) is 2. The minimum Gasteiger partial charge on any atom is -0.387 e. The van der Waals surface area contributed by atoms with E-state index in [-0.39, 0.29) is 18.3 Å². The molecule has 5 heteroatoms. The SMILES string of the molecule is O=C(CCl)NCC(O)c1ccccc1Br. The Bertz CT molecular complexity index is 346. The standard InChI is InChI=1S/C10H11BrClNO2/c11-8-4-2-1-3-7(8)9(14)6-13-10(15)5-12/h1-4,9,14H,5-6H2,(H,13,15). The molecule has 2 N–H and O–H groups in total. The van der Waals surface area contributed by atoms with Gasteiger partial charge in [-0.3, -0.25) is 4.79 Å². The predicted molar refractivity (Wildman–Crippen MR) is 62.8 cm³/mol. The zero-order valence-corrected chi connectivity index (χ0v) is 10.3. The summed E-state index contributed by atoms with van der Waals surface area (Å²) in [5.41, 5.74) is 0.743. The monoisotopic (exact) mass is 291 g/mol. The van der Waals surface area contributed by atoms with E-state index >= 15 is 0 Å². The molecule has 0 aliphatic rings. The zero-order valence-electron chi connectivity index (χ0n) is 7.91. The topological polar surface area (TPSA) is 49.3 Å². The highest BCUT2D eigenvalue weighted by Gasteiger charge is 2.11. The molecule has 0 radical (unpaired) electrons. The summed E-state index contributed by atoms with van der Waals surface area (Å²) in [6, 6.07) is 7.31. The molecule has 0 heterocycles. The van der Waals surface area contributed by atoms with E-state index in [1.54, 1.807) is 6.07 Å². The predicted octanol–water partition coefficient (Wildman–Crippen LogP) is 1.84. The van der Waals surface area contributed by atoms with Gasteiger partial charge in [0.05, 0.1) is 6.10 Å². The Labute approximate surface area is 102 Å². The van der Waals surface area contributed by atoms with Crippen molar-refractivity contribution < 1.29 is 9.90 Å². The van der Waals surface area contributed by atoms with E-state index in [0.717, 1.165) is 10.0 Å². The lowest BCUT2D eigenvalue weighted by molar-refractivity contribution is -0.119. The fraction of sp³-hybridized carbons (Fsp3) is 0.300. The zero-order chi connectivity index (χ0) is 11.3. The number of aliphatic hydroxyl groups excluding tert-OH is 1. The molecule has 1 aromatic rings. The van der Waals surface area contributed by atoms with Crippen LogP contribution in [0.5, 0.6) is 0 Å². The molecular formula is C10H11BrClNO2. The molecule has 0 saturated heterocycles. The molecule has 0 fully saturated rings. The highest BCUT2D eigenvalue weighted by atomic mass is 79.9. The second-order valence-electron chi connectivity index (χ2n) is 2.98. The van der Waals surface area contributed by atoms with Gasteiger partial charge in [0.15, 0.2) is 0 Å². The maximum absolute atomic E-state index is 10.9. The molecule has 0 aliphatic carbocycles. The van der Waals surface area contributed by atoms with Crippen LogP contribution < -0.4 is 5.32 Å². The lowest BCUT2D eigenvalue weighted by Gasteiger charge is -2.13. The van der Waals surface area contributed by atoms with Gasteiger partial charge >= 0.3 is 0 Å². The molecule has 0 spiro atoms. The van der Waals surface area contributed by atoms with Crippen LogP contribution in [0.25, 0.3) is 0 Å². The van der Waals surface area contributed by atoms with E-state index in [1.807, 2.05) is 18.2 Å². The molecule has 0 saturated carbocycles. The summed E-state index contributed by atoms with van der Waals surface area (Å²) < 4.78 is 0.817. The maximum Gasteiger partial charge on any atom is 0.235 e. The van der Waals surface area contributed by atoms with E-state index in [0.29, 0.717) is 0 Å². The number of alkyl halides is 1. The molecule has 1 unspecified atom stereocenters. The Balaban J connectivity index is 2.57. The van der Waals surface area contributed by atoms with Crippen LogP contribution in [-0.2, 0) is 4.79 Å². The third-order valence-electron chi connectivity index (χ3n) is 1.88. The number of rotatable bonds is 4. The number of carbonyl (C=O) groups excluding carboxylic acids is 1. The van der Waals surface area contributed by atoms with Gasteiger partial charge < -0.3 is 10.4 Å². The molecular weight excluding hydrogens is 281 g/mol. The number of nitrogens with one attached hydrogen (secondary N) is 1. The Kier molecular flexibility index (Phi) is 5.08. The second-order valence-corrected chi connectivity index (χ2v) is 4.10. The number of aliphatic hydroxyl groups is 1. The Morgan fingerprint density at radius 2 is 2.20 bits per heavy atom. The molecule has 0 aliphatic heterocycles. The van der Waals surface area contributed by atoms with Crippen molar-refractivity contribution in [2.45, 2.75) is 6.10 Å². The average Bonchev–Trinajstić information content (AvgIpc) is 2.26. The summed E-state index contributed by atoms with van der Waals surface area (Å²) in [7, 11) is 0. The van der Waals surface area contributed by atoms with Gasteiger partial charge in [-0.1, -0.05) is 34.1 Å². The first-order chi connectivity index (χ1) is 7.15. The van der Waals surface area contributed by atoms with Gasteiger partial charge in [-0.25, -0.2) is 0 Å². The first kappa shape index (κ1) is 12.5. The Hall–Kier alpha value is -0.580. The second kappa shape index (κ2) is 6.10. The van der Waals surface area contributed by atoms with E-state index in [9.17, 15) is 9.90 Å². The summed E-state index contributed by atoms with van der Waals surface area (Å²) in [5.74, 6) is -0.384. The van der Waals surface area contributed by atoms with Crippen molar-refractivity contribution in [1.82, 2.24) is 5.32 Å². The van der Waals surface area contributed by atoms with Crippen LogP contribution in [0.3, 0.4) is 0 Å².